The molecule has 0 fully saturated rings. The number of carboxylic acid groups (broad SMARTS) is 1. The lowest BCUT2D eigenvalue weighted by Crippen LogP contribution is -2.41. The molecule has 0 radical (unpaired) electrons. The number of benzene rings is 2. The average molecular weight is 530 g/mol. The Morgan fingerprint density at radius 3 is 2.22 bits per heavy atom. The van der Waals surface area contributed by atoms with Crippen molar-refractivity contribution in [3.05, 3.63) is 85.4 Å². The van der Waals surface area contributed by atoms with E-state index in [2.05, 4.69) is 0 Å². The fourth-order valence-corrected chi connectivity index (χ4v) is 3.42. The number of carbonyl (C=O) groups is 1. The molecule has 1 aromatic heterocycles. The summed E-state index contributed by atoms with van der Waals surface area (Å²) in [4.78, 5) is 35.7. The van der Waals surface area contributed by atoms with Gasteiger partial charge in [-0.3, -0.25) is 9.36 Å². The van der Waals surface area contributed by atoms with E-state index in [1.54, 1.807) is 19.1 Å². The summed E-state index contributed by atoms with van der Waals surface area (Å²) < 4.78 is 65.4. The minimum absolute atomic E-state index is 0.152. The maximum atomic E-state index is 14.7. The molecule has 8 nitrogen and oxygen atoms in total. The van der Waals surface area contributed by atoms with E-state index in [0.29, 0.717) is 5.56 Å². The number of ether oxygens (including phenoxy) is 2. The van der Waals surface area contributed by atoms with Crippen LogP contribution in [0.15, 0.2) is 52.1 Å². The first-order chi connectivity index (χ1) is 16.7. The molecular formula is C23H18ClF4N2O6-. The maximum Gasteiger partial charge on any atom is 0.431 e. The van der Waals surface area contributed by atoms with Gasteiger partial charge < -0.3 is 19.4 Å². The van der Waals surface area contributed by atoms with E-state index in [1.807, 2.05) is 0 Å². The number of alkyl halides is 3. The van der Waals surface area contributed by atoms with Crippen LogP contribution in [0, 0.1) is 5.82 Å². The minimum atomic E-state index is -4.97. The summed E-state index contributed by atoms with van der Waals surface area (Å²) in [5.74, 6) is -2.43. The Bertz CT molecular complexity index is 1420. The summed E-state index contributed by atoms with van der Waals surface area (Å²) in [6, 6.07) is 7.98. The van der Waals surface area contributed by atoms with Crippen molar-refractivity contribution in [1.29, 1.82) is 0 Å². The van der Waals surface area contributed by atoms with Crippen molar-refractivity contribution in [2.45, 2.75) is 32.2 Å². The number of rotatable bonds is 7. The summed E-state index contributed by atoms with van der Waals surface area (Å²) >= 11 is 6.06. The van der Waals surface area contributed by atoms with Gasteiger partial charge in [-0.15, -0.1) is 0 Å². The van der Waals surface area contributed by atoms with Gasteiger partial charge in [-0.25, -0.2) is 13.8 Å². The van der Waals surface area contributed by atoms with Gasteiger partial charge in [-0.05, 0) is 37.6 Å². The van der Waals surface area contributed by atoms with Crippen molar-refractivity contribution in [2.75, 3.05) is 0 Å². The van der Waals surface area contributed by atoms with Gasteiger partial charge in [0.2, 0.25) is 0 Å². The molecule has 0 bridgehead atoms. The van der Waals surface area contributed by atoms with Crippen molar-refractivity contribution in [3.8, 4) is 17.2 Å². The molecule has 0 spiro atoms. The molecule has 2 aromatic carbocycles. The Kier molecular flexibility index (Phi) is 7.48. The van der Waals surface area contributed by atoms with Crippen LogP contribution in [0.2, 0.25) is 5.02 Å². The van der Waals surface area contributed by atoms with Crippen molar-refractivity contribution >= 4 is 17.6 Å². The molecule has 0 N–H and O–H groups in total. The van der Waals surface area contributed by atoms with Gasteiger partial charge in [0, 0.05) is 19.2 Å². The first-order valence-electron chi connectivity index (χ1n) is 10.2. The van der Waals surface area contributed by atoms with Gasteiger partial charge in [0.1, 0.15) is 35.2 Å². The van der Waals surface area contributed by atoms with Gasteiger partial charge in [-0.2, -0.15) is 13.2 Å². The van der Waals surface area contributed by atoms with Crippen molar-refractivity contribution in [3.63, 3.8) is 0 Å². The molecule has 3 rings (SSSR count). The van der Waals surface area contributed by atoms with E-state index in [9.17, 15) is 37.1 Å². The zero-order valence-electron chi connectivity index (χ0n) is 18.9. The van der Waals surface area contributed by atoms with E-state index in [4.69, 9.17) is 21.1 Å². The molecule has 0 aliphatic rings. The highest BCUT2D eigenvalue weighted by atomic mass is 35.5. The van der Waals surface area contributed by atoms with Gasteiger partial charge in [-0.1, -0.05) is 23.7 Å². The van der Waals surface area contributed by atoms with Crippen LogP contribution >= 0.6 is 11.6 Å². The molecule has 1 heterocycles. The molecule has 0 saturated carbocycles. The molecule has 13 heteroatoms. The molecule has 3 aromatic rings. The van der Waals surface area contributed by atoms with E-state index in [1.165, 1.54) is 19.1 Å². The molecule has 0 amide bonds. The molecule has 192 valence electrons. The second-order valence-electron chi connectivity index (χ2n) is 7.68. The topological polar surface area (TPSA) is 103 Å². The second-order valence-corrected chi connectivity index (χ2v) is 8.09. The lowest BCUT2D eigenvalue weighted by Gasteiger charge is -2.19. The Hall–Kier alpha value is -3.80. The predicted octanol–water partition coefficient (Wildman–Crippen LogP) is 3.00. The molecule has 0 saturated heterocycles. The van der Waals surface area contributed by atoms with Crippen LogP contribution in [0.4, 0.5) is 17.6 Å². The molecule has 0 aliphatic heterocycles. The van der Waals surface area contributed by atoms with Gasteiger partial charge >= 0.3 is 11.9 Å². The molecule has 0 aliphatic carbocycles. The van der Waals surface area contributed by atoms with Crippen LogP contribution in [0.1, 0.15) is 31.2 Å². The Balaban J connectivity index is 1.95. The molecule has 36 heavy (non-hydrogen) atoms. The molecular weight excluding hydrogens is 512 g/mol. The van der Waals surface area contributed by atoms with E-state index in [-0.39, 0.29) is 31.7 Å². The number of hydrogen-bond donors (Lipinski definition) is 0. The highest BCUT2D eigenvalue weighted by Gasteiger charge is 2.35. The maximum absolute atomic E-state index is 14.7. The molecule has 2 unspecified atom stereocenters. The number of nitrogens with zero attached hydrogens (tertiary/aromatic N) is 2. The van der Waals surface area contributed by atoms with E-state index in [0.717, 1.165) is 19.2 Å². The first-order valence-corrected chi connectivity index (χ1v) is 10.6. The summed E-state index contributed by atoms with van der Waals surface area (Å²) in [6.45, 7) is 2.90. The molecule has 2 atom stereocenters. The summed E-state index contributed by atoms with van der Waals surface area (Å²) in [7, 11) is 0.801. The fraction of sp³-hybridized carbons (Fsp3) is 0.261. The van der Waals surface area contributed by atoms with Crippen LogP contribution in [0.25, 0.3) is 5.69 Å². The van der Waals surface area contributed by atoms with Gasteiger partial charge in [0.15, 0.2) is 0 Å². The number of aromatic nitrogens is 2. The third-order valence-corrected chi connectivity index (χ3v) is 5.45. The number of hydrogen-bond acceptors (Lipinski definition) is 6. The van der Waals surface area contributed by atoms with Crippen molar-refractivity contribution in [1.82, 2.24) is 9.13 Å². The fourth-order valence-electron chi connectivity index (χ4n) is 3.23. The summed E-state index contributed by atoms with van der Waals surface area (Å²) in [5, 5.41) is 10.6. The lowest BCUT2D eigenvalue weighted by atomic mass is 10.1. The van der Waals surface area contributed by atoms with Crippen LogP contribution in [0.3, 0.4) is 0 Å². The van der Waals surface area contributed by atoms with E-state index >= 15 is 0 Å². The largest absolute Gasteiger partial charge is 0.546 e. The predicted molar refractivity (Wildman–Crippen MR) is 118 cm³/mol. The zero-order valence-corrected chi connectivity index (χ0v) is 19.7. The van der Waals surface area contributed by atoms with Crippen molar-refractivity contribution < 1.29 is 36.9 Å². The smallest absolute Gasteiger partial charge is 0.431 e. The Labute approximate surface area is 205 Å². The minimum Gasteiger partial charge on any atom is -0.546 e. The number of halogens is 5. The van der Waals surface area contributed by atoms with Crippen LogP contribution in [-0.4, -0.2) is 21.2 Å². The standard InChI is InChI=1S/C23H19ClF4N2O6/c1-11(13-4-6-14(7-5-13)35-12(2)21(32)33)36-18-9-17(16(25)8-15(18)24)30-20(31)10-19(23(26,27)28)29(3)22(30)34/h4-12H,1-3H3,(H,32,33)/p-1. The normalized spacial score (nSPS) is 13.2. The average Bonchev–Trinajstić information content (AvgIpc) is 2.78. The van der Waals surface area contributed by atoms with E-state index < -0.39 is 52.8 Å². The number of carboxylic acids is 1. The highest BCUT2D eigenvalue weighted by molar-refractivity contribution is 6.32. The van der Waals surface area contributed by atoms with Crippen molar-refractivity contribution in [2.24, 2.45) is 7.05 Å². The van der Waals surface area contributed by atoms with Crippen LogP contribution in [0.5, 0.6) is 11.5 Å². The SMILES string of the molecule is CC(Oc1ccc(C(C)Oc2cc(-n3c(=O)cc(C(F)(F)F)n(C)c3=O)c(F)cc2Cl)cc1)C(=O)[O-]. The quantitative estimate of drug-likeness (QED) is 0.436. The summed E-state index contributed by atoms with van der Waals surface area (Å²) in [5.41, 5.74) is -4.40. The monoisotopic (exact) mass is 529 g/mol. The number of carbonyl (C=O) groups excluding carboxylic acids is 1. The highest BCUT2D eigenvalue weighted by Crippen LogP contribution is 2.33. The van der Waals surface area contributed by atoms with Crippen LogP contribution in [-0.2, 0) is 18.0 Å². The third kappa shape index (κ3) is 5.54. The summed E-state index contributed by atoms with van der Waals surface area (Å²) in [6.07, 6.45) is -6.87. The van der Waals surface area contributed by atoms with Crippen LogP contribution < -0.4 is 25.8 Å². The van der Waals surface area contributed by atoms with Gasteiger partial charge in [0.25, 0.3) is 5.56 Å². The first kappa shape index (κ1) is 26.8. The second kappa shape index (κ2) is 10.1. The zero-order chi connectivity index (χ0) is 26.9. The van der Waals surface area contributed by atoms with Gasteiger partial charge in [0.05, 0.1) is 16.7 Å². The Morgan fingerprint density at radius 1 is 1.06 bits per heavy atom. The lowest BCUT2D eigenvalue weighted by molar-refractivity contribution is -0.312. The number of aliphatic carboxylic acids is 1. The Morgan fingerprint density at radius 2 is 1.67 bits per heavy atom. The third-order valence-electron chi connectivity index (χ3n) is 5.15.